The minimum Gasteiger partial charge on any atom is -0.545 e. The zero-order chi connectivity index (χ0) is 15.6. The molecule has 0 radical (unpaired) electrons. The largest absolute Gasteiger partial charge is 0.545 e. The molecular formula is C14H11FNO4S-. The summed E-state index contributed by atoms with van der Waals surface area (Å²) in [5, 5.41) is 10.6. The molecule has 7 heteroatoms. The van der Waals surface area contributed by atoms with E-state index in [0.717, 1.165) is 6.07 Å². The monoisotopic (exact) mass is 308 g/mol. The first kappa shape index (κ1) is 15.0. The summed E-state index contributed by atoms with van der Waals surface area (Å²) in [6.45, 7) is 1.55. The number of hydrogen-bond acceptors (Lipinski definition) is 4. The average Bonchev–Trinajstić information content (AvgIpc) is 2.41. The van der Waals surface area contributed by atoms with Crippen LogP contribution in [0.5, 0.6) is 0 Å². The van der Waals surface area contributed by atoms with E-state index in [1.54, 1.807) is 6.92 Å². The molecule has 0 aliphatic heterocycles. The average molecular weight is 308 g/mol. The quantitative estimate of drug-likeness (QED) is 0.922. The second-order valence-corrected chi connectivity index (χ2v) is 6.03. The molecule has 0 spiro atoms. The molecule has 0 aliphatic carbocycles. The van der Waals surface area contributed by atoms with E-state index in [9.17, 15) is 22.7 Å². The third kappa shape index (κ3) is 3.38. The van der Waals surface area contributed by atoms with E-state index in [2.05, 4.69) is 4.72 Å². The number of carbonyl (C=O) groups excluding carboxylic acids is 1. The van der Waals surface area contributed by atoms with Gasteiger partial charge in [-0.25, -0.2) is 12.8 Å². The zero-order valence-electron chi connectivity index (χ0n) is 11.0. The highest BCUT2D eigenvalue weighted by Crippen LogP contribution is 2.20. The number of aromatic carboxylic acids is 1. The number of carbonyl (C=O) groups is 1. The van der Waals surface area contributed by atoms with Crippen LogP contribution in [0.1, 0.15) is 15.9 Å². The van der Waals surface area contributed by atoms with Gasteiger partial charge in [0.1, 0.15) is 5.82 Å². The Morgan fingerprint density at radius 2 is 1.76 bits per heavy atom. The van der Waals surface area contributed by atoms with Crippen LogP contribution in [0.25, 0.3) is 0 Å². The number of rotatable bonds is 4. The molecule has 0 heterocycles. The van der Waals surface area contributed by atoms with Crippen molar-refractivity contribution in [2.45, 2.75) is 11.8 Å². The molecule has 0 aliphatic rings. The van der Waals surface area contributed by atoms with E-state index < -0.39 is 21.8 Å². The van der Waals surface area contributed by atoms with Crippen molar-refractivity contribution in [3.63, 3.8) is 0 Å². The zero-order valence-corrected chi connectivity index (χ0v) is 11.8. The summed E-state index contributed by atoms with van der Waals surface area (Å²) in [6.07, 6.45) is 0. The minimum absolute atomic E-state index is 0.0696. The van der Waals surface area contributed by atoms with Gasteiger partial charge in [0.25, 0.3) is 10.0 Å². The molecule has 110 valence electrons. The van der Waals surface area contributed by atoms with Gasteiger partial charge in [0.05, 0.1) is 10.9 Å². The van der Waals surface area contributed by atoms with E-state index in [-0.39, 0.29) is 16.1 Å². The highest BCUT2D eigenvalue weighted by atomic mass is 32.2. The SMILES string of the molecule is Cc1ccc(F)cc1S(=O)(=O)Nc1ccc(C(=O)[O-])cc1. The van der Waals surface area contributed by atoms with Gasteiger partial charge in [-0.1, -0.05) is 18.2 Å². The van der Waals surface area contributed by atoms with Gasteiger partial charge in [-0.05, 0) is 42.3 Å². The number of halogens is 1. The fraction of sp³-hybridized carbons (Fsp3) is 0.0714. The summed E-state index contributed by atoms with van der Waals surface area (Å²) < 4.78 is 39.8. The number of anilines is 1. The molecule has 0 saturated carbocycles. The molecule has 2 aromatic carbocycles. The first-order valence-corrected chi connectivity index (χ1v) is 7.38. The number of sulfonamides is 1. The van der Waals surface area contributed by atoms with Crippen molar-refractivity contribution >= 4 is 21.7 Å². The maximum absolute atomic E-state index is 13.2. The van der Waals surface area contributed by atoms with Crippen LogP contribution in [-0.2, 0) is 10.0 Å². The second-order valence-electron chi connectivity index (χ2n) is 4.38. The molecule has 1 N–H and O–H groups in total. The van der Waals surface area contributed by atoms with Crippen molar-refractivity contribution < 1.29 is 22.7 Å². The van der Waals surface area contributed by atoms with Crippen molar-refractivity contribution in [3.8, 4) is 0 Å². The molecular weight excluding hydrogens is 297 g/mol. The number of nitrogens with one attached hydrogen (secondary N) is 1. The van der Waals surface area contributed by atoms with Crippen molar-refractivity contribution in [1.82, 2.24) is 0 Å². The third-order valence-corrected chi connectivity index (χ3v) is 4.34. The summed E-state index contributed by atoms with van der Waals surface area (Å²) in [4.78, 5) is 10.4. The molecule has 5 nitrogen and oxygen atoms in total. The summed E-state index contributed by atoms with van der Waals surface area (Å²) in [5.74, 6) is -2.02. The number of carboxylic acid groups (broad SMARTS) is 1. The van der Waals surface area contributed by atoms with E-state index in [0.29, 0.717) is 5.56 Å². The molecule has 0 saturated heterocycles. The molecule has 0 fully saturated rings. The van der Waals surface area contributed by atoms with E-state index >= 15 is 0 Å². The molecule has 21 heavy (non-hydrogen) atoms. The Hall–Kier alpha value is -2.41. The standard InChI is InChI=1S/C14H12FNO4S/c1-9-2-5-11(15)8-13(9)21(19,20)16-12-6-3-10(4-7-12)14(17)18/h2-8,16H,1H3,(H,17,18)/p-1. The smallest absolute Gasteiger partial charge is 0.262 e. The van der Waals surface area contributed by atoms with Crippen LogP contribution in [0.4, 0.5) is 10.1 Å². The van der Waals surface area contributed by atoms with E-state index in [4.69, 9.17) is 0 Å². The van der Waals surface area contributed by atoms with E-state index in [1.807, 2.05) is 0 Å². The van der Waals surface area contributed by atoms with Crippen molar-refractivity contribution in [1.29, 1.82) is 0 Å². The normalized spacial score (nSPS) is 11.1. The Balaban J connectivity index is 2.33. The fourth-order valence-electron chi connectivity index (χ4n) is 1.75. The van der Waals surface area contributed by atoms with Crippen molar-refractivity contribution in [2.75, 3.05) is 4.72 Å². The second kappa shape index (κ2) is 5.53. The summed E-state index contributed by atoms with van der Waals surface area (Å²) >= 11 is 0. The highest BCUT2D eigenvalue weighted by molar-refractivity contribution is 7.92. The van der Waals surface area contributed by atoms with Crippen LogP contribution in [0.3, 0.4) is 0 Å². The first-order chi connectivity index (χ1) is 9.79. The maximum atomic E-state index is 13.2. The number of hydrogen-bond donors (Lipinski definition) is 1. The van der Waals surface area contributed by atoms with Crippen molar-refractivity contribution in [3.05, 3.63) is 59.4 Å². The summed E-state index contributed by atoms with van der Waals surface area (Å²) in [5.41, 5.74) is 0.499. The van der Waals surface area contributed by atoms with Gasteiger partial charge in [-0.15, -0.1) is 0 Å². The van der Waals surface area contributed by atoms with Crippen LogP contribution >= 0.6 is 0 Å². The molecule has 2 aromatic rings. The summed E-state index contributed by atoms with van der Waals surface area (Å²) in [7, 11) is -3.95. The predicted octanol–water partition coefficient (Wildman–Crippen LogP) is 1.30. The molecule has 2 rings (SSSR count). The molecule has 0 amide bonds. The lowest BCUT2D eigenvalue weighted by Gasteiger charge is -2.11. The number of aryl methyl sites for hydroxylation is 1. The van der Waals surface area contributed by atoms with Crippen LogP contribution in [0.2, 0.25) is 0 Å². The minimum atomic E-state index is -3.95. The van der Waals surface area contributed by atoms with Gasteiger partial charge in [0.2, 0.25) is 0 Å². The van der Waals surface area contributed by atoms with Gasteiger partial charge in [0, 0.05) is 5.69 Å². The van der Waals surface area contributed by atoms with Gasteiger partial charge in [-0.3, -0.25) is 4.72 Å². The Bertz CT molecular complexity index is 785. The highest BCUT2D eigenvalue weighted by Gasteiger charge is 2.17. The molecule has 0 bridgehead atoms. The third-order valence-electron chi connectivity index (χ3n) is 2.81. The Morgan fingerprint density at radius 1 is 1.14 bits per heavy atom. The van der Waals surface area contributed by atoms with Crippen LogP contribution < -0.4 is 9.83 Å². The van der Waals surface area contributed by atoms with E-state index in [1.165, 1.54) is 36.4 Å². The molecule has 0 unspecified atom stereocenters. The molecule has 0 aromatic heterocycles. The fourth-order valence-corrected chi connectivity index (χ4v) is 3.06. The van der Waals surface area contributed by atoms with Crippen LogP contribution in [0.15, 0.2) is 47.4 Å². The van der Waals surface area contributed by atoms with Gasteiger partial charge in [0.15, 0.2) is 0 Å². The van der Waals surface area contributed by atoms with Gasteiger partial charge >= 0.3 is 0 Å². The topological polar surface area (TPSA) is 86.3 Å². The lowest BCUT2D eigenvalue weighted by atomic mass is 10.2. The Labute approximate surface area is 121 Å². The number of benzene rings is 2. The summed E-state index contributed by atoms with van der Waals surface area (Å²) in [6, 6.07) is 8.46. The van der Waals surface area contributed by atoms with Crippen LogP contribution in [-0.4, -0.2) is 14.4 Å². The predicted molar refractivity (Wildman–Crippen MR) is 72.7 cm³/mol. The number of carboxylic acids is 1. The van der Waals surface area contributed by atoms with Gasteiger partial charge < -0.3 is 9.90 Å². The first-order valence-electron chi connectivity index (χ1n) is 5.90. The Morgan fingerprint density at radius 3 is 2.33 bits per heavy atom. The van der Waals surface area contributed by atoms with Crippen molar-refractivity contribution in [2.24, 2.45) is 0 Å². The Kier molecular flexibility index (Phi) is 3.95. The lowest BCUT2D eigenvalue weighted by molar-refractivity contribution is -0.255. The maximum Gasteiger partial charge on any atom is 0.262 e. The van der Waals surface area contributed by atoms with Gasteiger partial charge in [-0.2, -0.15) is 0 Å². The molecule has 0 atom stereocenters. The van der Waals surface area contributed by atoms with Crippen LogP contribution in [0, 0.1) is 12.7 Å². The lowest BCUT2D eigenvalue weighted by Crippen LogP contribution is -2.22.